The lowest BCUT2D eigenvalue weighted by Gasteiger charge is -2.08. The summed E-state index contributed by atoms with van der Waals surface area (Å²) >= 11 is 3.29. The van der Waals surface area contributed by atoms with E-state index in [0.29, 0.717) is 5.69 Å². The molecule has 0 heterocycles. The molecule has 0 aromatic heterocycles. The zero-order chi connectivity index (χ0) is 18.1. The average Bonchev–Trinajstić information content (AvgIpc) is 2.61. The first kappa shape index (κ1) is 18.7. The van der Waals surface area contributed by atoms with E-state index >= 15 is 0 Å². The summed E-state index contributed by atoms with van der Waals surface area (Å²) in [6, 6.07) is 16.2. The molecular weight excluding hydrogens is 388 g/mol. The number of amides is 2. The number of rotatable bonds is 7. The van der Waals surface area contributed by atoms with Crippen molar-refractivity contribution in [3.05, 3.63) is 64.6 Å². The first-order valence-corrected chi connectivity index (χ1v) is 8.34. The highest BCUT2D eigenvalue weighted by atomic mass is 79.9. The second-order valence-electron chi connectivity index (χ2n) is 5.15. The van der Waals surface area contributed by atoms with Crippen LogP contribution < -0.4 is 10.6 Å². The highest BCUT2D eigenvalue weighted by Crippen LogP contribution is 2.13. The summed E-state index contributed by atoms with van der Waals surface area (Å²) in [7, 11) is 0. The maximum Gasteiger partial charge on any atom is 0.325 e. The number of anilines is 1. The molecule has 0 saturated carbocycles. The van der Waals surface area contributed by atoms with Gasteiger partial charge >= 0.3 is 5.97 Å². The van der Waals surface area contributed by atoms with Gasteiger partial charge in [0.1, 0.15) is 6.54 Å². The van der Waals surface area contributed by atoms with Crippen LogP contribution in [0.15, 0.2) is 59.1 Å². The van der Waals surface area contributed by atoms with Crippen LogP contribution in [0.25, 0.3) is 0 Å². The van der Waals surface area contributed by atoms with Crippen molar-refractivity contribution in [1.29, 1.82) is 0 Å². The largest absolute Gasteiger partial charge is 0.454 e. The number of ether oxygens (including phenoxy) is 1. The molecule has 0 spiro atoms. The first-order valence-electron chi connectivity index (χ1n) is 7.54. The van der Waals surface area contributed by atoms with Gasteiger partial charge in [-0.05, 0) is 29.8 Å². The zero-order valence-electron chi connectivity index (χ0n) is 13.3. The second-order valence-corrected chi connectivity index (χ2v) is 6.07. The summed E-state index contributed by atoms with van der Waals surface area (Å²) in [6.45, 7) is -0.694. The number of nitrogens with one attached hydrogen (secondary N) is 2. The monoisotopic (exact) mass is 404 g/mol. The number of halogens is 1. The van der Waals surface area contributed by atoms with Crippen LogP contribution in [0, 0.1) is 0 Å². The summed E-state index contributed by atoms with van der Waals surface area (Å²) in [5.41, 5.74) is 1.45. The molecule has 2 aromatic rings. The molecule has 7 heteroatoms. The molecule has 2 rings (SSSR count). The Balaban J connectivity index is 1.65. The van der Waals surface area contributed by atoms with Gasteiger partial charge in [0.15, 0.2) is 6.61 Å². The van der Waals surface area contributed by atoms with Crippen molar-refractivity contribution in [1.82, 2.24) is 5.32 Å². The highest BCUT2D eigenvalue weighted by molar-refractivity contribution is 9.10. The Kier molecular flexibility index (Phi) is 7.16. The van der Waals surface area contributed by atoms with E-state index < -0.39 is 18.5 Å². The van der Waals surface area contributed by atoms with Crippen LogP contribution in [0.4, 0.5) is 5.69 Å². The number of hydrogen-bond donors (Lipinski definition) is 2. The molecule has 0 unspecified atom stereocenters. The summed E-state index contributed by atoms with van der Waals surface area (Å²) in [6.07, 6.45) is 0.179. The molecule has 0 aliphatic rings. The Hall–Kier alpha value is -2.67. The van der Waals surface area contributed by atoms with Gasteiger partial charge in [-0.3, -0.25) is 14.4 Å². The lowest BCUT2D eigenvalue weighted by molar-refractivity contribution is -0.147. The van der Waals surface area contributed by atoms with Gasteiger partial charge < -0.3 is 15.4 Å². The van der Waals surface area contributed by atoms with Crippen molar-refractivity contribution < 1.29 is 19.1 Å². The number of carbonyl (C=O) groups is 3. The van der Waals surface area contributed by atoms with E-state index in [1.807, 2.05) is 30.3 Å². The quantitative estimate of drug-likeness (QED) is 0.693. The van der Waals surface area contributed by atoms with E-state index in [2.05, 4.69) is 26.6 Å². The van der Waals surface area contributed by atoms with Crippen molar-refractivity contribution in [2.24, 2.45) is 0 Å². The van der Waals surface area contributed by atoms with Gasteiger partial charge in [-0.1, -0.05) is 46.3 Å². The topological polar surface area (TPSA) is 84.5 Å². The van der Waals surface area contributed by atoms with Crippen molar-refractivity contribution >= 4 is 39.4 Å². The molecule has 2 N–H and O–H groups in total. The molecule has 2 aromatic carbocycles. The molecule has 0 bridgehead atoms. The van der Waals surface area contributed by atoms with Gasteiger partial charge in [0.25, 0.3) is 5.91 Å². The minimum absolute atomic E-state index is 0.179. The Bertz CT molecular complexity index is 733. The van der Waals surface area contributed by atoms with Crippen LogP contribution in [0.2, 0.25) is 0 Å². The molecule has 0 radical (unpaired) electrons. The number of benzene rings is 2. The number of carbonyl (C=O) groups excluding carboxylic acids is 3. The van der Waals surface area contributed by atoms with Crippen molar-refractivity contribution in [2.75, 3.05) is 18.5 Å². The number of hydrogen-bond acceptors (Lipinski definition) is 4. The molecule has 2 amide bonds. The molecule has 0 saturated heterocycles. The summed E-state index contributed by atoms with van der Waals surface area (Å²) in [4.78, 5) is 35.0. The molecular formula is C18H17BrN2O4. The van der Waals surface area contributed by atoms with Crippen LogP contribution >= 0.6 is 15.9 Å². The van der Waals surface area contributed by atoms with Crippen molar-refractivity contribution in [3.63, 3.8) is 0 Å². The minimum Gasteiger partial charge on any atom is -0.454 e. The summed E-state index contributed by atoms with van der Waals surface area (Å²) in [5, 5.41) is 5.06. The van der Waals surface area contributed by atoms with E-state index in [9.17, 15) is 14.4 Å². The van der Waals surface area contributed by atoms with Crippen LogP contribution in [0.5, 0.6) is 0 Å². The fraction of sp³-hybridized carbons (Fsp3) is 0.167. The van der Waals surface area contributed by atoms with Gasteiger partial charge in [-0.25, -0.2) is 0 Å². The molecule has 130 valence electrons. The molecule has 6 nitrogen and oxygen atoms in total. The van der Waals surface area contributed by atoms with Gasteiger partial charge in [0, 0.05) is 10.2 Å². The Morgan fingerprint density at radius 2 is 1.60 bits per heavy atom. The maximum atomic E-state index is 11.7. The van der Waals surface area contributed by atoms with Crippen LogP contribution in [-0.2, 0) is 25.5 Å². The third-order valence-corrected chi connectivity index (χ3v) is 3.66. The fourth-order valence-electron chi connectivity index (χ4n) is 1.94. The second kappa shape index (κ2) is 9.58. The molecule has 25 heavy (non-hydrogen) atoms. The van der Waals surface area contributed by atoms with Crippen LogP contribution in [0.3, 0.4) is 0 Å². The molecule has 0 atom stereocenters. The Labute approximate surface area is 153 Å². The predicted octanol–water partition coefficient (Wildman–Crippen LogP) is 2.29. The predicted molar refractivity (Wildman–Crippen MR) is 96.9 cm³/mol. The lowest BCUT2D eigenvalue weighted by Crippen LogP contribution is -2.33. The van der Waals surface area contributed by atoms with E-state index in [-0.39, 0.29) is 18.9 Å². The maximum absolute atomic E-state index is 11.7. The Morgan fingerprint density at radius 1 is 0.920 bits per heavy atom. The van der Waals surface area contributed by atoms with Gasteiger partial charge in [-0.2, -0.15) is 0 Å². The third kappa shape index (κ3) is 7.17. The fourth-order valence-corrected chi connectivity index (χ4v) is 2.21. The van der Waals surface area contributed by atoms with Crippen LogP contribution in [0.1, 0.15) is 5.56 Å². The van der Waals surface area contributed by atoms with Gasteiger partial charge in [-0.15, -0.1) is 0 Å². The van der Waals surface area contributed by atoms with E-state index in [1.165, 1.54) is 0 Å². The highest BCUT2D eigenvalue weighted by Gasteiger charge is 2.10. The number of esters is 1. The SMILES string of the molecule is O=C(Cc1ccccc1)NCC(=O)OCC(=O)Nc1ccc(Br)cc1. The van der Waals surface area contributed by atoms with Crippen molar-refractivity contribution in [3.8, 4) is 0 Å². The zero-order valence-corrected chi connectivity index (χ0v) is 14.9. The average molecular weight is 405 g/mol. The lowest BCUT2D eigenvalue weighted by atomic mass is 10.1. The first-order chi connectivity index (χ1) is 12.0. The minimum atomic E-state index is -0.674. The Morgan fingerprint density at radius 3 is 2.28 bits per heavy atom. The van der Waals surface area contributed by atoms with Gasteiger partial charge in [0.2, 0.25) is 5.91 Å². The smallest absolute Gasteiger partial charge is 0.325 e. The van der Waals surface area contributed by atoms with Crippen molar-refractivity contribution in [2.45, 2.75) is 6.42 Å². The summed E-state index contributed by atoms with van der Waals surface area (Å²) in [5.74, 6) is -1.42. The standard InChI is InChI=1S/C18H17BrN2O4/c19-14-6-8-15(9-7-14)21-17(23)12-25-18(24)11-20-16(22)10-13-4-2-1-3-5-13/h1-9H,10-12H2,(H,20,22)(H,21,23). The van der Waals surface area contributed by atoms with E-state index in [4.69, 9.17) is 4.74 Å². The third-order valence-electron chi connectivity index (χ3n) is 3.13. The van der Waals surface area contributed by atoms with E-state index in [1.54, 1.807) is 24.3 Å². The normalized spacial score (nSPS) is 9.96. The van der Waals surface area contributed by atoms with Gasteiger partial charge in [0.05, 0.1) is 6.42 Å². The molecule has 0 aliphatic carbocycles. The molecule has 0 fully saturated rings. The summed E-state index contributed by atoms with van der Waals surface area (Å²) < 4.78 is 5.72. The molecule has 0 aliphatic heterocycles. The van der Waals surface area contributed by atoms with Crippen LogP contribution in [-0.4, -0.2) is 30.9 Å². The van der Waals surface area contributed by atoms with E-state index in [0.717, 1.165) is 10.0 Å².